The summed E-state index contributed by atoms with van der Waals surface area (Å²) in [5.74, 6) is -0.647. The molecule has 0 aromatic heterocycles. The lowest BCUT2D eigenvalue weighted by Gasteiger charge is -2.35. The summed E-state index contributed by atoms with van der Waals surface area (Å²) in [6.07, 6.45) is 1.96. The molecule has 3 nitrogen and oxygen atoms in total. The summed E-state index contributed by atoms with van der Waals surface area (Å²) in [6, 6.07) is 3.74. The first-order chi connectivity index (χ1) is 9.15. The molecule has 1 aliphatic rings. The molecule has 1 fully saturated rings. The molecule has 2 N–H and O–H groups in total. The van der Waals surface area contributed by atoms with Gasteiger partial charge in [0.1, 0.15) is 0 Å². The number of aryl methyl sites for hydroxylation is 1. The summed E-state index contributed by atoms with van der Waals surface area (Å²) < 4.78 is 13.9. The molecule has 0 saturated carbocycles. The van der Waals surface area contributed by atoms with Crippen molar-refractivity contribution in [1.29, 1.82) is 0 Å². The number of phenols is 1. The van der Waals surface area contributed by atoms with Crippen LogP contribution in [0.2, 0.25) is 0 Å². The molecule has 0 unspecified atom stereocenters. The monoisotopic (exact) mass is 266 g/mol. The highest BCUT2D eigenvalue weighted by Crippen LogP contribution is 2.35. The van der Waals surface area contributed by atoms with Gasteiger partial charge in [-0.05, 0) is 18.9 Å². The highest BCUT2D eigenvalue weighted by molar-refractivity contribution is 5.40. The molecule has 1 saturated heterocycles. The number of nitrogens with zero attached hydrogens (tertiary/aromatic N) is 1. The molecule has 1 aromatic rings. The van der Waals surface area contributed by atoms with Crippen molar-refractivity contribution in [3.8, 4) is 5.75 Å². The maximum atomic E-state index is 13.9. The Morgan fingerprint density at radius 1 is 1.37 bits per heavy atom. The number of aromatic hydroxyl groups is 1. The molecule has 1 aliphatic heterocycles. The molecular weight excluding hydrogens is 243 g/mol. The van der Waals surface area contributed by atoms with E-state index >= 15 is 0 Å². The van der Waals surface area contributed by atoms with Gasteiger partial charge >= 0.3 is 0 Å². The van der Waals surface area contributed by atoms with E-state index in [2.05, 4.69) is 17.1 Å². The van der Waals surface area contributed by atoms with Crippen LogP contribution in [0.1, 0.15) is 36.9 Å². The number of piperazine rings is 1. The van der Waals surface area contributed by atoms with Crippen LogP contribution in [0.5, 0.6) is 5.75 Å². The van der Waals surface area contributed by atoms with E-state index in [9.17, 15) is 9.50 Å². The third kappa shape index (κ3) is 3.07. The molecule has 2 rings (SSSR count). The van der Waals surface area contributed by atoms with Gasteiger partial charge in [0.15, 0.2) is 11.6 Å². The maximum Gasteiger partial charge on any atom is 0.168 e. The molecule has 0 amide bonds. The van der Waals surface area contributed by atoms with Crippen molar-refractivity contribution in [2.75, 3.05) is 26.2 Å². The quantitative estimate of drug-likeness (QED) is 0.879. The topological polar surface area (TPSA) is 35.5 Å². The summed E-state index contributed by atoms with van der Waals surface area (Å²) in [4.78, 5) is 2.34. The summed E-state index contributed by atoms with van der Waals surface area (Å²) in [5, 5.41) is 13.4. The second-order valence-corrected chi connectivity index (χ2v) is 5.22. The highest BCUT2D eigenvalue weighted by atomic mass is 19.1. The van der Waals surface area contributed by atoms with Crippen molar-refractivity contribution in [2.45, 2.75) is 32.7 Å². The van der Waals surface area contributed by atoms with Crippen molar-refractivity contribution in [2.24, 2.45) is 0 Å². The fourth-order valence-electron chi connectivity index (χ4n) is 2.75. The largest absolute Gasteiger partial charge is 0.505 e. The Morgan fingerprint density at radius 3 is 2.68 bits per heavy atom. The average molecular weight is 266 g/mol. The smallest absolute Gasteiger partial charge is 0.168 e. The summed E-state index contributed by atoms with van der Waals surface area (Å²) in [5.41, 5.74) is 1.23. The van der Waals surface area contributed by atoms with Gasteiger partial charge in [0.25, 0.3) is 0 Å². The molecule has 0 radical (unpaired) electrons. The lowest BCUT2D eigenvalue weighted by molar-refractivity contribution is 0.161. The Morgan fingerprint density at radius 2 is 2.05 bits per heavy atom. The minimum atomic E-state index is -0.478. The molecule has 0 aliphatic carbocycles. The third-order valence-electron chi connectivity index (χ3n) is 3.85. The van der Waals surface area contributed by atoms with Crippen LogP contribution in [0.15, 0.2) is 12.1 Å². The van der Waals surface area contributed by atoms with Crippen LogP contribution in [0.3, 0.4) is 0 Å². The van der Waals surface area contributed by atoms with Crippen LogP contribution in [-0.4, -0.2) is 36.2 Å². The Hall–Kier alpha value is -1.13. The van der Waals surface area contributed by atoms with Gasteiger partial charge in [-0.3, -0.25) is 4.90 Å². The lowest BCUT2D eigenvalue weighted by Crippen LogP contribution is -2.45. The second kappa shape index (κ2) is 6.35. The van der Waals surface area contributed by atoms with E-state index in [4.69, 9.17) is 0 Å². The summed E-state index contributed by atoms with van der Waals surface area (Å²) in [6.45, 7) is 7.60. The van der Waals surface area contributed by atoms with Crippen LogP contribution in [-0.2, 0) is 0 Å². The van der Waals surface area contributed by atoms with Crippen molar-refractivity contribution in [1.82, 2.24) is 10.2 Å². The molecule has 1 heterocycles. The Balaban J connectivity index is 2.30. The number of hydrogen-bond acceptors (Lipinski definition) is 3. The summed E-state index contributed by atoms with van der Waals surface area (Å²) >= 11 is 0. The predicted octanol–water partition coefficient (Wildman–Crippen LogP) is 2.59. The first-order valence-corrected chi connectivity index (χ1v) is 7.08. The van der Waals surface area contributed by atoms with Gasteiger partial charge in [0.05, 0.1) is 0 Å². The van der Waals surface area contributed by atoms with E-state index in [1.807, 2.05) is 6.07 Å². The van der Waals surface area contributed by atoms with Crippen LogP contribution < -0.4 is 5.32 Å². The van der Waals surface area contributed by atoms with E-state index in [-0.39, 0.29) is 11.8 Å². The zero-order valence-corrected chi connectivity index (χ0v) is 11.7. The van der Waals surface area contributed by atoms with E-state index in [1.54, 1.807) is 13.0 Å². The maximum absolute atomic E-state index is 13.9. The molecule has 1 atom stereocenters. The number of hydrogen-bond donors (Lipinski definition) is 2. The molecule has 19 heavy (non-hydrogen) atoms. The Bertz CT molecular complexity index is 430. The van der Waals surface area contributed by atoms with Crippen molar-refractivity contribution in [3.05, 3.63) is 29.1 Å². The van der Waals surface area contributed by atoms with Crippen LogP contribution in [0.25, 0.3) is 0 Å². The van der Waals surface area contributed by atoms with Gasteiger partial charge < -0.3 is 10.4 Å². The second-order valence-electron chi connectivity index (χ2n) is 5.22. The third-order valence-corrected chi connectivity index (χ3v) is 3.85. The average Bonchev–Trinajstić information content (AvgIpc) is 2.44. The van der Waals surface area contributed by atoms with Gasteiger partial charge in [-0.2, -0.15) is 0 Å². The number of nitrogens with one attached hydrogen (secondary N) is 1. The Kier molecular flexibility index (Phi) is 4.77. The van der Waals surface area contributed by atoms with Crippen molar-refractivity contribution >= 4 is 0 Å². The van der Waals surface area contributed by atoms with E-state index in [0.29, 0.717) is 5.56 Å². The number of benzene rings is 1. The van der Waals surface area contributed by atoms with Crippen LogP contribution in [0, 0.1) is 12.7 Å². The first-order valence-electron chi connectivity index (χ1n) is 7.08. The van der Waals surface area contributed by atoms with E-state index < -0.39 is 5.82 Å². The number of halogens is 1. The first kappa shape index (κ1) is 14.3. The van der Waals surface area contributed by atoms with Gasteiger partial charge in [0.2, 0.25) is 0 Å². The fourth-order valence-corrected chi connectivity index (χ4v) is 2.75. The lowest BCUT2D eigenvalue weighted by atomic mass is 9.97. The van der Waals surface area contributed by atoms with E-state index in [0.717, 1.165) is 44.6 Å². The molecule has 0 bridgehead atoms. The minimum Gasteiger partial charge on any atom is -0.505 e. The predicted molar refractivity (Wildman–Crippen MR) is 74.9 cm³/mol. The van der Waals surface area contributed by atoms with Crippen LogP contribution >= 0.6 is 0 Å². The molecule has 106 valence electrons. The van der Waals surface area contributed by atoms with Crippen LogP contribution in [0.4, 0.5) is 4.39 Å². The molecule has 4 heteroatoms. The van der Waals surface area contributed by atoms with Gasteiger partial charge in [-0.1, -0.05) is 25.5 Å². The molecule has 0 spiro atoms. The minimum absolute atomic E-state index is 0.113. The number of rotatable bonds is 4. The van der Waals surface area contributed by atoms with Gasteiger partial charge in [-0.25, -0.2) is 4.39 Å². The normalized spacial score (nSPS) is 18.5. The standard InChI is InChI=1S/C15H23FN2O/c1-3-4-13(18-9-7-17-8-10-18)12-6-5-11(2)14(16)15(12)19/h5-6,13,17,19H,3-4,7-10H2,1-2H3/t13-/m0/s1. The number of phenolic OH excluding ortho intramolecular Hbond substituents is 1. The van der Waals surface area contributed by atoms with Gasteiger partial charge in [0, 0.05) is 37.8 Å². The fraction of sp³-hybridized carbons (Fsp3) is 0.600. The SMILES string of the molecule is CCC[C@@H](c1ccc(C)c(F)c1O)N1CCNCC1. The van der Waals surface area contributed by atoms with Crippen molar-refractivity contribution in [3.63, 3.8) is 0 Å². The molecular formula is C15H23FN2O. The zero-order valence-electron chi connectivity index (χ0n) is 11.7. The van der Waals surface area contributed by atoms with E-state index in [1.165, 1.54) is 0 Å². The zero-order chi connectivity index (χ0) is 13.8. The highest BCUT2D eigenvalue weighted by Gasteiger charge is 2.25. The Labute approximate surface area is 114 Å². The van der Waals surface area contributed by atoms with Gasteiger partial charge in [-0.15, -0.1) is 0 Å². The molecule has 1 aromatic carbocycles. The van der Waals surface area contributed by atoms with Crippen molar-refractivity contribution < 1.29 is 9.50 Å². The summed E-state index contributed by atoms with van der Waals surface area (Å²) in [7, 11) is 0.